The molecule has 2 rings (SSSR count). The second-order valence-corrected chi connectivity index (χ2v) is 6.21. The molecule has 2 aromatic rings. The van der Waals surface area contributed by atoms with Crippen molar-refractivity contribution in [3.8, 4) is 0 Å². The van der Waals surface area contributed by atoms with Crippen LogP contribution in [0, 0.1) is 0 Å². The Hall–Kier alpha value is -1.46. The van der Waals surface area contributed by atoms with Gasteiger partial charge < -0.3 is 5.32 Å². The summed E-state index contributed by atoms with van der Waals surface area (Å²) in [6.45, 7) is 9.34. The van der Waals surface area contributed by atoms with Gasteiger partial charge in [-0.1, -0.05) is 41.7 Å². The lowest BCUT2D eigenvalue weighted by molar-refractivity contribution is 0.201. The van der Waals surface area contributed by atoms with Crippen LogP contribution in [0.1, 0.15) is 38.4 Å². The maximum atomic E-state index is 4.30. The van der Waals surface area contributed by atoms with Crippen LogP contribution in [0.5, 0.6) is 0 Å². The van der Waals surface area contributed by atoms with Crippen LogP contribution in [0.3, 0.4) is 0 Å². The van der Waals surface area contributed by atoms with Crippen LogP contribution in [0.15, 0.2) is 30.3 Å². The van der Waals surface area contributed by atoms with Crippen LogP contribution in [0.25, 0.3) is 0 Å². The Morgan fingerprint density at radius 1 is 1.19 bits per heavy atom. The Labute approximate surface area is 131 Å². The van der Waals surface area contributed by atoms with Crippen molar-refractivity contribution in [3.63, 3.8) is 0 Å². The summed E-state index contributed by atoms with van der Waals surface area (Å²) in [6, 6.07) is 11.0. The van der Waals surface area contributed by atoms with E-state index in [1.807, 2.05) is 0 Å². The molecular formula is C16H24N4S. The molecule has 1 N–H and O–H groups in total. The van der Waals surface area contributed by atoms with Gasteiger partial charge in [-0.15, -0.1) is 5.10 Å². The fraction of sp³-hybridized carbons (Fsp3) is 0.500. The van der Waals surface area contributed by atoms with Crippen molar-refractivity contribution in [3.05, 3.63) is 41.6 Å². The number of nitrogens with one attached hydrogen (secondary N) is 1. The summed E-state index contributed by atoms with van der Waals surface area (Å²) >= 11 is 1.45. The Morgan fingerprint density at radius 2 is 1.95 bits per heavy atom. The predicted molar refractivity (Wildman–Crippen MR) is 89.5 cm³/mol. The molecule has 0 radical (unpaired) electrons. The molecule has 114 valence electrons. The van der Waals surface area contributed by atoms with Crippen molar-refractivity contribution in [2.24, 2.45) is 0 Å². The van der Waals surface area contributed by atoms with Crippen molar-refractivity contribution in [1.29, 1.82) is 0 Å². The molecule has 0 atom stereocenters. The highest BCUT2D eigenvalue weighted by Crippen LogP contribution is 2.21. The van der Waals surface area contributed by atoms with E-state index in [2.05, 4.69) is 70.9 Å². The van der Waals surface area contributed by atoms with E-state index in [-0.39, 0.29) is 0 Å². The van der Waals surface area contributed by atoms with Crippen LogP contribution in [0.2, 0.25) is 0 Å². The topological polar surface area (TPSA) is 41.1 Å². The van der Waals surface area contributed by atoms with Gasteiger partial charge in [0, 0.05) is 37.2 Å². The van der Waals surface area contributed by atoms with Crippen LogP contribution in [-0.2, 0) is 13.1 Å². The van der Waals surface area contributed by atoms with E-state index in [4.69, 9.17) is 0 Å². The van der Waals surface area contributed by atoms with Gasteiger partial charge in [-0.2, -0.15) is 0 Å². The Morgan fingerprint density at radius 3 is 2.62 bits per heavy atom. The molecule has 1 aromatic heterocycles. The maximum absolute atomic E-state index is 4.30. The highest BCUT2D eigenvalue weighted by molar-refractivity contribution is 7.10. The molecule has 0 bridgehead atoms. The normalized spacial score (nSPS) is 11.3. The summed E-state index contributed by atoms with van der Waals surface area (Å²) in [5.41, 5.74) is 2.38. The van der Waals surface area contributed by atoms with E-state index in [0.717, 1.165) is 36.8 Å². The predicted octanol–water partition coefficient (Wildman–Crippen LogP) is 3.77. The lowest BCUT2D eigenvalue weighted by Crippen LogP contribution is -2.30. The number of anilines is 1. The first kappa shape index (κ1) is 15.9. The second kappa shape index (κ2) is 8.10. The molecule has 0 aliphatic rings. The number of rotatable bonds is 8. The second-order valence-electron chi connectivity index (χ2n) is 5.46. The highest BCUT2D eigenvalue weighted by Gasteiger charge is 2.15. The van der Waals surface area contributed by atoms with E-state index in [1.165, 1.54) is 17.1 Å². The maximum Gasteiger partial charge on any atom is 0.134 e. The lowest BCUT2D eigenvalue weighted by atomic mass is 10.2. The zero-order chi connectivity index (χ0) is 15.1. The molecule has 5 heteroatoms. The van der Waals surface area contributed by atoms with E-state index < -0.39 is 0 Å². The fourth-order valence-corrected chi connectivity index (χ4v) is 2.71. The van der Waals surface area contributed by atoms with Crippen LogP contribution >= 0.6 is 11.5 Å². The van der Waals surface area contributed by atoms with Gasteiger partial charge in [0.05, 0.1) is 0 Å². The summed E-state index contributed by atoms with van der Waals surface area (Å²) in [5, 5.41) is 8.82. The molecule has 0 aliphatic carbocycles. The molecule has 0 spiro atoms. The first-order valence-electron chi connectivity index (χ1n) is 7.53. The van der Waals surface area contributed by atoms with Gasteiger partial charge in [-0.25, -0.2) is 0 Å². The minimum absolute atomic E-state index is 0.464. The summed E-state index contributed by atoms with van der Waals surface area (Å²) in [4.78, 5) is 2.42. The van der Waals surface area contributed by atoms with Gasteiger partial charge in [0.1, 0.15) is 10.7 Å². The van der Waals surface area contributed by atoms with E-state index in [0.29, 0.717) is 6.04 Å². The Kier molecular flexibility index (Phi) is 6.14. The molecule has 4 nitrogen and oxygen atoms in total. The van der Waals surface area contributed by atoms with Crippen molar-refractivity contribution in [2.45, 2.75) is 46.3 Å². The highest BCUT2D eigenvalue weighted by atomic mass is 32.1. The summed E-state index contributed by atoms with van der Waals surface area (Å²) in [7, 11) is 0. The molecule has 0 saturated carbocycles. The quantitative estimate of drug-likeness (QED) is 0.806. The van der Waals surface area contributed by atoms with Crippen molar-refractivity contribution in [2.75, 3.05) is 11.9 Å². The monoisotopic (exact) mass is 304 g/mol. The Bertz CT molecular complexity index is 524. The van der Waals surface area contributed by atoms with Crippen molar-refractivity contribution in [1.82, 2.24) is 14.5 Å². The molecule has 0 amide bonds. The fourth-order valence-electron chi connectivity index (χ4n) is 2.12. The molecule has 0 aliphatic heterocycles. The third kappa shape index (κ3) is 4.79. The molecule has 0 unspecified atom stereocenters. The molecule has 1 aromatic carbocycles. The number of hydrogen-bond donors (Lipinski definition) is 1. The molecular weight excluding hydrogens is 280 g/mol. The van der Waals surface area contributed by atoms with Crippen LogP contribution < -0.4 is 5.32 Å². The summed E-state index contributed by atoms with van der Waals surface area (Å²) in [5.74, 6) is 0. The number of hydrogen-bond acceptors (Lipinski definition) is 5. The van der Waals surface area contributed by atoms with Crippen LogP contribution in [0.4, 0.5) is 5.00 Å². The van der Waals surface area contributed by atoms with Gasteiger partial charge in [-0.3, -0.25) is 4.90 Å². The number of aromatic nitrogens is 2. The van der Waals surface area contributed by atoms with E-state index in [9.17, 15) is 0 Å². The first-order chi connectivity index (χ1) is 10.2. The summed E-state index contributed by atoms with van der Waals surface area (Å²) in [6.07, 6.45) is 1.11. The van der Waals surface area contributed by atoms with Gasteiger partial charge in [0.15, 0.2) is 0 Å². The molecule has 1 heterocycles. The van der Waals surface area contributed by atoms with Gasteiger partial charge >= 0.3 is 0 Å². The molecule has 21 heavy (non-hydrogen) atoms. The first-order valence-corrected chi connectivity index (χ1v) is 8.31. The van der Waals surface area contributed by atoms with Gasteiger partial charge in [0.2, 0.25) is 0 Å². The lowest BCUT2D eigenvalue weighted by Gasteiger charge is -2.26. The largest absolute Gasteiger partial charge is 0.374 e. The molecule has 0 saturated heterocycles. The average Bonchev–Trinajstić information content (AvgIpc) is 2.92. The van der Waals surface area contributed by atoms with Crippen molar-refractivity contribution >= 4 is 16.5 Å². The van der Waals surface area contributed by atoms with E-state index >= 15 is 0 Å². The minimum Gasteiger partial charge on any atom is -0.374 e. The molecule has 0 fully saturated rings. The number of nitrogens with zero attached hydrogens (tertiary/aromatic N) is 3. The Balaban J connectivity index is 2.04. The average molecular weight is 304 g/mol. The van der Waals surface area contributed by atoms with Crippen LogP contribution in [-0.4, -0.2) is 27.1 Å². The van der Waals surface area contributed by atoms with E-state index in [1.54, 1.807) is 0 Å². The standard InChI is InChI=1S/C16H24N4S/c1-4-10-17-16-15(18-19-21-16)12-20(13(2)3)11-14-8-6-5-7-9-14/h5-9,13,17H,4,10-12H2,1-3H3. The zero-order valence-corrected chi connectivity index (χ0v) is 13.9. The number of benzene rings is 1. The minimum atomic E-state index is 0.464. The third-order valence-corrected chi connectivity index (χ3v) is 4.13. The van der Waals surface area contributed by atoms with Gasteiger partial charge in [0.25, 0.3) is 0 Å². The SMILES string of the molecule is CCCNc1snnc1CN(Cc1ccccc1)C(C)C. The zero-order valence-electron chi connectivity index (χ0n) is 13.0. The third-order valence-electron chi connectivity index (χ3n) is 3.40. The summed E-state index contributed by atoms with van der Waals surface area (Å²) < 4.78 is 4.10. The van der Waals surface area contributed by atoms with Crippen molar-refractivity contribution < 1.29 is 0 Å². The smallest absolute Gasteiger partial charge is 0.134 e. The van der Waals surface area contributed by atoms with Gasteiger partial charge in [-0.05, 0) is 25.8 Å².